The van der Waals surface area contributed by atoms with Gasteiger partial charge in [-0.25, -0.2) is 0 Å². The number of carbonyl (C=O) groups excluding carboxylic acids is 1. The molecule has 1 amide bonds. The van der Waals surface area contributed by atoms with Crippen molar-refractivity contribution in [2.75, 3.05) is 25.0 Å². The molecule has 0 fully saturated rings. The lowest BCUT2D eigenvalue weighted by atomic mass is 10.2. The van der Waals surface area contributed by atoms with Gasteiger partial charge in [0.15, 0.2) is 0 Å². The molecule has 1 aromatic rings. The molecule has 0 aromatic carbocycles. The first kappa shape index (κ1) is 17.3. The summed E-state index contributed by atoms with van der Waals surface area (Å²) >= 11 is 0. The highest BCUT2D eigenvalue weighted by molar-refractivity contribution is 5.99. The lowest BCUT2D eigenvalue weighted by molar-refractivity contribution is -0.140. The summed E-state index contributed by atoms with van der Waals surface area (Å²) in [6.07, 6.45) is -0.302. The zero-order chi connectivity index (χ0) is 15.9. The van der Waals surface area contributed by atoms with Crippen LogP contribution in [0.3, 0.4) is 0 Å². The Morgan fingerprint density at radius 1 is 1.33 bits per heavy atom. The van der Waals surface area contributed by atoms with Gasteiger partial charge in [0.05, 0.1) is 11.3 Å². The number of pyridine rings is 1. The standard InChI is InChI=1S/C14H20F3N3O/c1-3-6-19-12-5-7-18-9-11(12)13(21)20(8-4-2)10-14(15,16)17/h5,7,9H,3-4,6,8,10H2,1-2H3,(H,18,19). The highest BCUT2D eigenvalue weighted by Gasteiger charge is 2.33. The van der Waals surface area contributed by atoms with Gasteiger partial charge in [-0.05, 0) is 18.9 Å². The highest BCUT2D eigenvalue weighted by atomic mass is 19.4. The zero-order valence-electron chi connectivity index (χ0n) is 12.2. The summed E-state index contributed by atoms with van der Waals surface area (Å²) in [5.41, 5.74) is 0.684. The van der Waals surface area contributed by atoms with Gasteiger partial charge in [-0.15, -0.1) is 0 Å². The second kappa shape index (κ2) is 7.85. The Morgan fingerprint density at radius 2 is 2.05 bits per heavy atom. The van der Waals surface area contributed by atoms with Crippen LogP contribution in [-0.4, -0.2) is 41.6 Å². The molecular weight excluding hydrogens is 283 g/mol. The van der Waals surface area contributed by atoms with Gasteiger partial charge in [-0.2, -0.15) is 13.2 Å². The number of alkyl halides is 3. The third kappa shape index (κ3) is 5.61. The summed E-state index contributed by atoms with van der Waals surface area (Å²) in [7, 11) is 0. The fourth-order valence-corrected chi connectivity index (χ4v) is 1.89. The fourth-order valence-electron chi connectivity index (χ4n) is 1.89. The predicted octanol–water partition coefficient (Wildman–Crippen LogP) is 3.32. The van der Waals surface area contributed by atoms with E-state index in [4.69, 9.17) is 0 Å². The maximum atomic E-state index is 12.6. The molecule has 0 radical (unpaired) electrons. The number of nitrogens with one attached hydrogen (secondary N) is 1. The number of carbonyl (C=O) groups is 1. The Kier molecular flexibility index (Phi) is 6.45. The van der Waals surface area contributed by atoms with Crippen LogP contribution in [0.1, 0.15) is 37.0 Å². The van der Waals surface area contributed by atoms with Gasteiger partial charge in [0, 0.05) is 25.5 Å². The molecular formula is C14H20F3N3O. The largest absolute Gasteiger partial charge is 0.406 e. The van der Waals surface area contributed by atoms with Gasteiger partial charge < -0.3 is 10.2 Å². The van der Waals surface area contributed by atoms with E-state index < -0.39 is 18.6 Å². The first-order valence-corrected chi connectivity index (χ1v) is 6.93. The Bertz CT molecular complexity index is 463. The molecule has 1 heterocycles. The molecule has 0 unspecified atom stereocenters. The van der Waals surface area contributed by atoms with Crippen molar-refractivity contribution in [3.8, 4) is 0 Å². The SMILES string of the molecule is CCCNc1ccncc1C(=O)N(CCC)CC(F)(F)F. The van der Waals surface area contributed by atoms with E-state index >= 15 is 0 Å². The van der Waals surface area contributed by atoms with Crippen molar-refractivity contribution in [1.82, 2.24) is 9.88 Å². The molecule has 21 heavy (non-hydrogen) atoms. The average Bonchev–Trinajstić information content (AvgIpc) is 2.43. The maximum absolute atomic E-state index is 12.6. The van der Waals surface area contributed by atoms with Crippen molar-refractivity contribution in [1.29, 1.82) is 0 Å². The number of halogens is 3. The number of aromatic nitrogens is 1. The first-order valence-electron chi connectivity index (χ1n) is 6.93. The van der Waals surface area contributed by atoms with Crippen LogP contribution >= 0.6 is 0 Å². The second-order valence-electron chi connectivity index (χ2n) is 4.69. The van der Waals surface area contributed by atoms with Crippen LogP contribution in [0.4, 0.5) is 18.9 Å². The molecule has 118 valence electrons. The molecule has 0 spiro atoms. The lowest BCUT2D eigenvalue weighted by Gasteiger charge is -2.24. The Morgan fingerprint density at radius 3 is 2.62 bits per heavy atom. The van der Waals surface area contributed by atoms with Gasteiger partial charge >= 0.3 is 6.18 Å². The summed E-state index contributed by atoms with van der Waals surface area (Å²) in [6.45, 7) is 3.14. The van der Waals surface area contributed by atoms with Crippen LogP contribution in [0, 0.1) is 0 Å². The topological polar surface area (TPSA) is 45.2 Å². The number of nitrogens with zero attached hydrogens (tertiary/aromatic N) is 2. The Hall–Kier alpha value is -1.79. The van der Waals surface area contributed by atoms with Crippen molar-refractivity contribution >= 4 is 11.6 Å². The molecule has 7 heteroatoms. The molecule has 0 bridgehead atoms. The smallest absolute Gasteiger partial charge is 0.384 e. The molecule has 1 rings (SSSR count). The monoisotopic (exact) mass is 303 g/mol. The average molecular weight is 303 g/mol. The van der Waals surface area contributed by atoms with Crippen molar-refractivity contribution < 1.29 is 18.0 Å². The number of hydrogen-bond acceptors (Lipinski definition) is 3. The minimum absolute atomic E-state index is 0.0560. The van der Waals surface area contributed by atoms with Crippen molar-refractivity contribution in [2.24, 2.45) is 0 Å². The molecule has 1 aromatic heterocycles. The van der Waals surface area contributed by atoms with Gasteiger partial charge in [0.1, 0.15) is 6.54 Å². The van der Waals surface area contributed by atoms with Crippen molar-refractivity contribution in [3.05, 3.63) is 24.0 Å². The van der Waals surface area contributed by atoms with E-state index in [1.165, 1.54) is 12.4 Å². The summed E-state index contributed by atoms with van der Waals surface area (Å²) in [4.78, 5) is 17.0. The van der Waals surface area contributed by atoms with E-state index in [0.717, 1.165) is 11.3 Å². The van der Waals surface area contributed by atoms with E-state index in [0.29, 0.717) is 18.7 Å². The summed E-state index contributed by atoms with van der Waals surface area (Å²) in [6, 6.07) is 1.60. The van der Waals surface area contributed by atoms with Crippen molar-refractivity contribution in [2.45, 2.75) is 32.9 Å². The Labute approximate surface area is 122 Å². The molecule has 1 N–H and O–H groups in total. The van der Waals surface area contributed by atoms with E-state index in [1.807, 2.05) is 6.92 Å². The predicted molar refractivity (Wildman–Crippen MR) is 75.3 cm³/mol. The maximum Gasteiger partial charge on any atom is 0.406 e. The van der Waals surface area contributed by atoms with E-state index in [1.54, 1.807) is 13.0 Å². The van der Waals surface area contributed by atoms with Gasteiger partial charge in [0.2, 0.25) is 0 Å². The van der Waals surface area contributed by atoms with Crippen LogP contribution in [0.5, 0.6) is 0 Å². The van der Waals surface area contributed by atoms with Crippen LogP contribution in [0.2, 0.25) is 0 Å². The number of amides is 1. The molecule has 0 aliphatic carbocycles. The summed E-state index contributed by atoms with van der Waals surface area (Å²) in [5, 5.41) is 3.03. The van der Waals surface area contributed by atoms with E-state index in [9.17, 15) is 18.0 Å². The Balaban J connectivity index is 2.97. The summed E-state index contributed by atoms with van der Waals surface area (Å²) < 4.78 is 37.7. The molecule has 0 aliphatic rings. The number of rotatable bonds is 7. The third-order valence-electron chi connectivity index (χ3n) is 2.77. The minimum atomic E-state index is -4.41. The molecule has 0 aliphatic heterocycles. The molecule has 4 nitrogen and oxygen atoms in total. The van der Waals surface area contributed by atoms with Crippen LogP contribution in [0.25, 0.3) is 0 Å². The highest BCUT2D eigenvalue weighted by Crippen LogP contribution is 2.21. The minimum Gasteiger partial charge on any atom is -0.384 e. The molecule has 0 atom stereocenters. The van der Waals surface area contributed by atoms with Crippen LogP contribution in [0.15, 0.2) is 18.5 Å². The summed E-state index contributed by atoms with van der Waals surface area (Å²) in [5.74, 6) is -0.652. The first-order chi connectivity index (χ1) is 9.89. The lowest BCUT2D eigenvalue weighted by Crippen LogP contribution is -2.39. The van der Waals surface area contributed by atoms with Gasteiger partial charge in [-0.1, -0.05) is 13.8 Å². The van der Waals surface area contributed by atoms with Gasteiger partial charge in [0.25, 0.3) is 5.91 Å². The quantitative estimate of drug-likeness (QED) is 0.840. The molecule has 0 saturated carbocycles. The number of anilines is 1. The van der Waals surface area contributed by atoms with E-state index in [-0.39, 0.29) is 12.1 Å². The van der Waals surface area contributed by atoms with E-state index in [2.05, 4.69) is 10.3 Å². The van der Waals surface area contributed by atoms with Gasteiger partial charge in [-0.3, -0.25) is 9.78 Å². The van der Waals surface area contributed by atoms with Crippen LogP contribution in [-0.2, 0) is 0 Å². The second-order valence-corrected chi connectivity index (χ2v) is 4.69. The zero-order valence-corrected chi connectivity index (χ0v) is 12.2. The fraction of sp³-hybridized carbons (Fsp3) is 0.571. The molecule has 0 saturated heterocycles. The van der Waals surface area contributed by atoms with Crippen LogP contribution < -0.4 is 5.32 Å². The third-order valence-corrected chi connectivity index (χ3v) is 2.77. The number of hydrogen-bond donors (Lipinski definition) is 1. The van der Waals surface area contributed by atoms with Crippen molar-refractivity contribution in [3.63, 3.8) is 0 Å². The normalized spacial score (nSPS) is 11.3.